The number of fused-ring (bicyclic) bond motifs is 1. The fourth-order valence-corrected chi connectivity index (χ4v) is 2.53. The monoisotopic (exact) mass is 203 g/mol. The minimum Gasteiger partial charge on any atom is -0.351 e. The topological polar surface area (TPSA) is 22.0 Å². The van der Waals surface area contributed by atoms with Gasteiger partial charge in [0, 0.05) is 30.4 Å². The molecule has 0 bridgehead atoms. The van der Waals surface area contributed by atoms with E-state index < -0.39 is 0 Å². The molecule has 0 aliphatic heterocycles. The summed E-state index contributed by atoms with van der Waals surface area (Å²) in [5.74, 6) is 1.32. The van der Waals surface area contributed by atoms with Crippen molar-refractivity contribution in [2.75, 3.05) is 0 Å². The van der Waals surface area contributed by atoms with Crippen LogP contribution in [-0.4, -0.2) is 10.4 Å². The lowest BCUT2D eigenvalue weighted by Gasteiger charge is -2.14. The van der Waals surface area contributed by atoms with Crippen molar-refractivity contribution in [2.24, 2.45) is 5.92 Å². The molecule has 0 aromatic carbocycles. The van der Waals surface area contributed by atoms with Gasteiger partial charge in [0.2, 0.25) is 0 Å². The van der Waals surface area contributed by atoms with Crippen molar-refractivity contribution < 1.29 is 4.79 Å². The van der Waals surface area contributed by atoms with Crippen LogP contribution in [0.25, 0.3) is 0 Å². The van der Waals surface area contributed by atoms with E-state index in [2.05, 4.69) is 10.8 Å². The molecular formula is C13H17NO. The van der Waals surface area contributed by atoms with Gasteiger partial charge in [-0.2, -0.15) is 0 Å². The number of carbonyl (C=O) groups excluding carboxylic acids is 1. The van der Waals surface area contributed by atoms with E-state index in [0.717, 1.165) is 37.3 Å². The molecule has 1 saturated carbocycles. The first-order valence-electron chi connectivity index (χ1n) is 6.06. The summed E-state index contributed by atoms with van der Waals surface area (Å²) in [5, 5.41) is 0. The van der Waals surface area contributed by atoms with E-state index in [4.69, 9.17) is 0 Å². The molecular weight excluding hydrogens is 186 g/mol. The first-order chi connectivity index (χ1) is 7.34. The van der Waals surface area contributed by atoms with Crippen molar-refractivity contribution in [1.29, 1.82) is 0 Å². The zero-order valence-electron chi connectivity index (χ0n) is 9.04. The van der Waals surface area contributed by atoms with Crippen LogP contribution in [0.15, 0.2) is 12.3 Å². The minimum absolute atomic E-state index is 0.349. The highest BCUT2D eigenvalue weighted by Gasteiger charge is 2.23. The normalized spacial score (nSPS) is 20.4. The smallest absolute Gasteiger partial charge is 0.164 e. The molecule has 2 aliphatic carbocycles. The van der Waals surface area contributed by atoms with Crippen LogP contribution < -0.4 is 0 Å². The number of hydrogen-bond donors (Lipinski definition) is 0. The Labute approximate surface area is 90.3 Å². The van der Waals surface area contributed by atoms with Crippen molar-refractivity contribution in [1.82, 2.24) is 4.57 Å². The Morgan fingerprint density at radius 2 is 2.20 bits per heavy atom. The molecule has 0 amide bonds. The molecule has 1 fully saturated rings. The predicted molar refractivity (Wildman–Crippen MR) is 59.0 cm³/mol. The van der Waals surface area contributed by atoms with E-state index in [1.165, 1.54) is 25.0 Å². The Balaban J connectivity index is 1.79. The summed E-state index contributed by atoms with van der Waals surface area (Å²) >= 11 is 0. The number of aryl methyl sites for hydroxylation is 1. The van der Waals surface area contributed by atoms with E-state index in [9.17, 15) is 4.79 Å². The van der Waals surface area contributed by atoms with E-state index in [1.807, 2.05) is 6.07 Å². The predicted octanol–water partition coefficient (Wildman–Crippen LogP) is 2.81. The van der Waals surface area contributed by atoms with Gasteiger partial charge in [-0.3, -0.25) is 4.79 Å². The quantitative estimate of drug-likeness (QED) is 0.740. The van der Waals surface area contributed by atoms with Crippen LogP contribution in [0.5, 0.6) is 0 Å². The standard InChI is InChI=1S/C13H17NO/c15-13-3-1-2-12-11(13)7-9-14(12)8-6-10-4-5-10/h7,9-10H,1-6,8H2. The molecule has 0 radical (unpaired) electrons. The van der Waals surface area contributed by atoms with Crippen molar-refractivity contribution in [3.05, 3.63) is 23.5 Å². The van der Waals surface area contributed by atoms with E-state index in [1.54, 1.807) is 0 Å². The van der Waals surface area contributed by atoms with Gasteiger partial charge in [-0.05, 0) is 31.2 Å². The largest absolute Gasteiger partial charge is 0.351 e. The summed E-state index contributed by atoms with van der Waals surface area (Å²) in [4.78, 5) is 11.6. The summed E-state index contributed by atoms with van der Waals surface area (Å²) in [5.41, 5.74) is 2.30. The molecule has 0 atom stereocenters. The number of aromatic nitrogens is 1. The molecule has 0 N–H and O–H groups in total. The Bertz CT molecular complexity index is 387. The van der Waals surface area contributed by atoms with Crippen LogP contribution >= 0.6 is 0 Å². The molecule has 1 aromatic rings. The molecule has 1 aromatic heterocycles. The number of rotatable bonds is 3. The molecule has 0 saturated heterocycles. The van der Waals surface area contributed by atoms with Crippen LogP contribution in [0, 0.1) is 5.92 Å². The molecule has 2 nitrogen and oxygen atoms in total. The second-order valence-electron chi connectivity index (χ2n) is 4.88. The van der Waals surface area contributed by atoms with E-state index >= 15 is 0 Å². The first-order valence-corrected chi connectivity index (χ1v) is 6.06. The molecule has 0 spiro atoms. The SMILES string of the molecule is O=C1CCCc2c1ccn2CCC1CC1. The fraction of sp³-hybridized carbons (Fsp3) is 0.615. The number of hydrogen-bond acceptors (Lipinski definition) is 1. The highest BCUT2D eigenvalue weighted by molar-refractivity contribution is 5.98. The zero-order valence-corrected chi connectivity index (χ0v) is 9.04. The van der Waals surface area contributed by atoms with Crippen LogP contribution in [0.3, 0.4) is 0 Å². The van der Waals surface area contributed by atoms with E-state index in [-0.39, 0.29) is 0 Å². The first kappa shape index (κ1) is 9.20. The summed E-state index contributed by atoms with van der Waals surface area (Å²) in [7, 11) is 0. The summed E-state index contributed by atoms with van der Waals surface area (Å²) in [6, 6.07) is 2.02. The van der Waals surface area contributed by atoms with Crippen molar-refractivity contribution in [3.63, 3.8) is 0 Å². The summed E-state index contributed by atoms with van der Waals surface area (Å²) in [6.45, 7) is 1.12. The molecule has 15 heavy (non-hydrogen) atoms. The zero-order chi connectivity index (χ0) is 10.3. The average Bonchev–Trinajstić information content (AvgIpc) is 2.97. The maximum atomic E-state index is 11.6. The number of nitrogens with zero attached hydrogens (tertiary/aromatic N) is 1. The lowest BCUT2D eigenvalue weighted by atomic mass is 9.97. The minimum atomic E-state index is 0.349. The van der Waals surface area contributed by atoms with Gasteiger partial charge in [0.25, 0.3) is 0 Å². The number of carbonyl (C=O) groups is 1. The van der Waals surface area contributed by atoms with Crippen molar-refractivity contribution >= 4 is 5.78 Å². The van der Waals surface area contributed by atoms with Gasteiger partial charge in [-0.25, -0.2) is 0 Å². The molecule has 0 unspecified atom stereocenters. The van der Waals surface area contributed by atoms with Gasteiger partial charge >= 0.3 is 0 Å². The number of Topliss-reactive ketones (excluding diaryl/α,β-unsaturated/α-hetero) is 1. The Morgan fingerprint density at radius 1 is 1.33 bits per heavy atom. The molecule has 3 rings (SSSR count). The Hall–Kier alpha value is -1.05. The highest BCUT2D eigenvalue weighted by Crippen LogP contribution is 2.33. The van der Waals surface area contributed by atoms with Gasteiger partial charge in [-0.1, -0.05) is 12.8 Å². The Morgan fingerprint density at radius 3 is 3.00 bits per heavy atom. The van der Waals surface area contributed by atoms with Crippen LogP contribution in [0.1, 0.15) is 48.2 Å². The molecule has 1 heterocycles. The third-order valence-electron chi connectivity index (χ3n) is 3.67. The van der Waals surface area contributed by atoms with Crippen LogP contribution in [0.4, 0.5) is 0 Å². The molecule has 2 heteroatoms. The third kappa shape index (κ3) is 1.73. The second-order valence-corrected chi connectivity index (χ2v) is 4.88. The third-order valence-corrected chi connectivity index (χ3v) is 3.67. The summed E-state index contributed by atoms with van der Waals surface area (Å²) in [6.07, 6.45) is 9.13. The lowest BCUT2D eigenvalue weighted by Crippen LogP contribution is -2.13. The lowest BCUT2D eigenvalue weighted by molar-refractivity contribution is 0.0971. The van der Waals surface area contributed by atoms with Crippen molar-refractivity contribution in [3.8, 4) is 0 Å². The summed E-state index contributed by atoms with van der Waals surface area (Å²) < 4.78 is 2.31. The molecule has 80 valence electrons. The maximum absolute atomic E-state index is 11.6. The highest BCUT2D eigenvalue weighted by atomic mass is 16.1. The van der Waals surface area contributed by atoms with Crippen LogP contribution in [-0.2, 0) is 13.0 Å². The maximum Gasteiger partial charge on any atom is 0.164 e. The van der Waals surface area contributed by atoms with Gasteiger partial charge in [-0.15, -0.1) is 0 Å². The van der Waals surface area contributed by atoms with E-state index in [0.29, 0.717) is 5.78 Å². The van der Waals surface area contributed by atoms with Crippen LogP contribution in [0.2, 0.25) is 0 Å². The van der Waals surface area contributed by atoms with Gasteiger partial charge in [0.05, 0.1) is 0 Å². The van der Waals surface area contributed by atoms with Crippen molar-refractivity contribution in [2.45, 2.75) is 45.1 Å². The Kier molecular flexibility index (Phi) is 2.15. The van der Waals surface area contributed by atoms with Gasteiger partial charge in [0.1, 0.15) is 0 Å². The second kappa shape index (κ2) is 3.51. The average molecular weight is 203 g/mol. The number of ketones is 1. The molecule has 2 aliphatic rings. The van der Waals surface area contributed by atoms with Gasteiger partial charge in [0.15, 0.2) is 5.78 Å². The fourth-order valence-electron chi connectivity index (χ4n) is 2.53. The van der Waals surface area contributed by atoms with Gasteiger partial charge < -0.3 is 4.57 Å².